The molecule has 4 unspecified atom stereocenters. The minimum atomic E-state index is -1.31. The number of ether oxygens (including phenoxy) is 2. The van der Waals surface area contributed by atoms with Gasteiger partial charge < -0.3 is 19.9 Å². The molecular formula is C25H39NO6. The number of carbonyl (C=O) groups excluding carboxylic acids is 2. The van der Waals surface area contributed by atoms with E-state index in [2.05, 4.69) is 26.1 Å². The summed E-state index contributed by atoms with van der Waals surface area (Å²) < 4.78 is 9.83. The fraction of sp³-hybridized carbons (Fsp3) is 0.640. The molecule has 0 aliphatic rings. The van der Waals surface area contributed by atoms with Crippen LogP contribution < -0.4 is 5.32 Å². The molecule has 180 valence electrons. The van der Waals surface area contributed by atoms with Crippen molar-refractivity contribution in [2.75, 3.05) is 5.32 Å². The average molecular weight is 450 g/mol. The highest BCUT2D eigenvalue weighted by Crippen LogP contribution is 2.22. The van der Waals surface area contributed by atoms with Gasteiger partial charge in [-0.1, -0.05) is 46.5 Å². The van der Waals surface area contributed by atoms with Gasteiger partial charge in [0.15, 0.2) is 12.2 Å². The van der Waals surface area contributed by atoms with Crippen LogP contribution in [0.3, 0.4) is 0 Å². The van der Waals surface area contributed by atoms with E-state index in [1.54, 1.807) is 12.1 Å². The van der Waals surface area contributed by atoms with Crippen LogP contribution in [-0.2, 0) is 19.1 Å². The number of nitrogens with one attached hydrogen (secondary N) is 1. The highest BCUT2D eigenvalue weighted by atomic mass is 16.6. The molecule has 1 aromatic carbocycles. The third-order valence-electron chi connectivity index (χ3n) is 5.71. The van der Waals surface area contributed by atoms with E-state index in [1.165, 1.54) is 46.0 Å². The molecule has 0 saturated heterocycles. The third-order valence-corrected chi connectivity index (χ3v) is 5.71. The van der Waals surface area contributed by atoms with Crippen molar-refractivity contribution in [3.05, 3.63) is 29.8 Å². The van der Waals surface area contributed by atoms with Crippen molar-refractivity contribution < 1.29 is 29.0 Å². The molecule has 0 bridgehead atoms. The van der Waals surface area contributed by atoms with Crippen LogP contribution in [0, 0.1) is 5.92 Å². The number of unbranched alkanes of at least 4 members (excludes halogenated alkanes) is 1. The Bertz CT molecular complexity index is 718. The Balaban J connectivity index is 2.58. The van der Waals surface area contributed by atoms with Gasteiger partial charge in [-0.05, 0) is 63.3 Å². The molecular weight excluding hydrogens is 410 g/mol. The number of anilines is 1. The number of aliphatic carboxylic acids is 1. The van der Waals surface area contributed by atoms with Crippen LogP contribution in [0.4, 0.5) is 5.69 Å². The van der Waals surface area contributed by atoms with E-state index in [-0.39, 0.29) is 0 Å². The summed E-state index contributed by atoms with van der Waals surface area (Å²) >= 11 is 0. The molecule has 0 heterocycles. The topological polar surface area (TPSA) is 102 Å². The summed E-state index contributed by atoms with van der Waals surface area (Å²) in [6.45, 7) is 9.25. The molecule has 7 heteroatoms. The smallest absolute Gasteiger partial charge is 0.348 e. The maximum absolute atomic E-state index is 12.3. The summed E-state index contributed by atoms with van der Waals surface area (Å²) in [4.78, 5) is 34.9. The summed E-state index contributed by atoms with van der Waals surface area (Å²) in [6.07, 6.45) is 5.86. The van der Waals surface area contributed by atoms with Crippen molar-refractivity contribution in [3.63, 3.8) is 0 Å². The molecule has 1 rings (SSSR count). The zero-order chi connectivity index (χ0) is 24.1. The molecule has 0 aliphatic heterocycles. The molecule has 7 nitrogen and oxygen atoms in total. The fourth-order valence-corrected chi connectivity index (χ4v) is 3.40. The maximum Gasteiger partial charge on any atom is 0.348 e. The first kappa shape index (κ1) is 27.5. The first-order valence-corrected chi connectivity index (χ1v) is 11.7. The summed E-state index contributed by atoms with van der Waals surface area (Å²) in [7, 11) is 0. The summed E-state index contributed by atoms with van der Waals surface area (Å²) in [5.74, 6) is -2.06. The van der Waals surface area contributed by atoms with Gasteiger partial charge in [-0.2, -0.15) is 0 Å². The monoisotopic (exact) mass is 449 g/mol. The van der Waals surface area contributed by atoms with Crippen molar-refractivity contribution in [1.82, 2.24) is 0 Å². The maximum atomic E-state index is 12.3. The standard InChI is InChI=1S/C25H39NO6/c1-6-9-10-19(7-2)11-14-21(8-3)26-22-15-12-20(13-16-22)25(30)32-18(5)24(29)31-17(4)23(27)28/h12-13,15-19,21,26H,6-11,14H2,1-5H3,(H,27,28). The second kappa shape index (κ2) is 14.5. The van der Waals surface area contributed by atoms with Crippen LogP contribution in [0.15, 0.2) is 24.3 Å². The molecule has 0 saturated carbocycles. The predicted molar refractivity (Wildman–Crippen MR) is 125 cm³/mol. The molecule has 4 atom stereocenters. The van der Waals surface area contributed by atoms with Crippen molar-refractivity contribution >= 4 is 23.6 Å². The summed E-state index contributed by atoms with van der Waals surface area (Å²) in [5, 5.41) is 12.3. The highest BCUT2D eigenvalue weighted by Gasteiger charge is 2.24. The lowest BCUT2D eigenvalue weighted by Gasteiger charge is -2.22. The second-order valence-electron chi connectivity index (χ2n) is 8.29. The van der Waals surface area contributed by atoms with Gasteiger partial charge in [0.25, 0.3) is 0 Å². The fourth-order valence-electron chi connectivity index (χ4n) is 3.40. The zero-order valence-electron chi connectivity index (χ0n) is 20.1. The SMILES string of the molecule is CCCCC(CC)CCC(CC)Nc1ccc(C(=O)OC(C)C(=O)OC(C)C(=O)O)cc1. The highest BCUT2D eigenvalue weighted by molar-refractivity contribution is 5.92. The van der Waals surface area contributed by atoms with Gasteiger partial charge in [-0.25, -0.2) is 14.4 Å². The van der Waals surface area contributed by atoms with E-state index < -0.39 is 30.1 Å². The number of carboxylic acids is 1. The minimum absolute atomic E-state index is 0.306. The Kier molecular flexibility index (Phi) is 12.4. The molecule has 0 spiro atoms. The van der Waals surface area contributed by atoms with Crippen molar-refractivity contribution in [1.29, 1.82) is 0 Å². The number of carboxylic acid groups (broad SMARTS) is 1. The Hall–Kier alpha value is -2.57. The number of esters is 2. The van der Waals surface area contributed by atoms with Crippen LogP contribution in [-0.4, -0.2) is 41.3 Å². The van der Waals surface area contributed by atoms with Gasteiger partial charge in [0.05, 0.1) is 5.56 Å². The van der Waals surface area contributed by atoms with Crippen LogP contribution in [0.5, 0.6) is 0 Å². The third kappa shape index (κ3) is 9.71. The first-order chi connectivity index (χ1) is 15.2. The van der Waals surface area contributed by atoms with Gasteiger partial charge in [0, 0.05) is 11.7 Å². The van der Waals surface area contributed by atoms with Crippen LogP contribution in [0.1, 0.15) is 89.9 Å². The Morgan fingerprint density at radius 3 is 2.09 bits per heavy atom. The number of rotatable bonds is 15. The van der Waals surface area contributed by atoms with E-state index in [4.69, 9.17) is 14.6 Å². The molecule has 32 heavy (non-hydrogen) atoms. The lowest BCUT2D eigenvalue weighted by Crippen LogP contribution is -2.32. The van der Waals surface area contributed by atoms with Crippen LogP contribution >= 0.6 is 0 Å². The summed E-state index contributed by atoms with van der Waals surface area (Å²) in [6, 6.07) is 7.30. The molecule has 0 amide bonds. The number of benzene rings is 1. The quantitative estimate of drug-likeness (QED) is 0.344. The van der Waals surface area contributed by atoms with Gasteiger partial charge in [0.1, 0.15) is 0 Å². The van der Waals surface area contributed by atoms with Gasteiger partial charge in [-0.3, -0.25) is 0 Å². The van der Waals surface area contributed by atoms with Crippen LogP contribution in [0.25, 0.3) is 0 Å². The molecule has 0 aliphatic carbocycles. The van der Waals surface area contributed by atoms with Gasteiger partial charge >= 0.3 is 17.9 Å². The predicted octanol–water partition coefficient (Wildman–Crippen LogP) is 5.44. The zero-order valence-corrected chi connectivity index (χ0v) is 20.1. The van der Waals surface area contributed by atoms with E-state index in [9.17, 15) is 14.4 Å². The Morgan fingerprint density at radius 2 is 1.56 bits per heavy atom. The molecule has 2 N–H and O–H groups in total. The van der Waals surface area contributed by atoms with E-state index in [0.29, 0.717) is 11.6 Å². The normalized spacial score (nSPS) is 14.7. The minimum Gasteiger partial charge on any atom is -0.479 e. The second-order valence-corrected chi connectivity index (χ2v) is 8.29. The number of hydrogen-bond acceptors (Lipinski definition) is 6. The molecule has 1 aromatic rings. The summed E-state index contributed by atoms with van der Waals surface area (Å²) in [5.41, 5.74) is 1.23. The van der Waals surface area contributed by atoms with Crippen LogP contribution in [0.2, 0.25) is 0 Å². The Labute approximate surface area is 191 Å². The van der Waals surface area contributed by atoms with E-state index in [1.807, 2.05) is 12.1 Å². The first-order valence-electron chi connectivity index (χ1n) is 11.7. The lowest BCUT2D eigenvalue weighted by molar-refractivity contribution is -0.168. The van der Waals surface area contributed by atoms with E-state index in [0.717, 1.165) is 24.4 Å². The molecule has 0 fully saturated rings. The van der Waals surface area contributed by atoms with Crippen molar-refractivity contribution in [3.8, 4) is 0 Å². The molecule has 0 aromatic heterocycles. The van der Waals surface area contributed by atoms with E-state index >= 15 is 0 Å². The van der Waals surface area contributed by atoms with Gasteiger partial charge in [0.2, 0.25) is 0 Å². The largest absolute Gasteiger partial charge is 0.479 e. The lowest BCUT2D eigenvalue weighted by atomic mass is 9.92. The Morgan fingerprint density at radius 1 is 0.906 bits per heavy atom. The van der Waals surface area contributed by atoms with Crippen molar-refractivity contribution in [2.45, 2.75) is 97.8 Å². The number of carbonyl (C=O) groups is 3. The average Bonchev–Trinajstić information content (AvgIpc) is 2.78. The van der Waals surface area contributed by atoms with Gasteiger partial charge in [-0.15, -0.1) is 0 Å². The van der Waals surface area contributed by atoms with Crippen molar-refractivity contribution in [2.24, 2.45) is 5.92 Å². The number of hydrogen-bond donors (Lipinski definition) is 2. The molecule has 0 radical (unpaired) electrons.